The van der Waals surface area contributed by atoms with Crippen molar-refractivity contribution in [3.05, 3.63) is 65.4 Å². The Bertz CT molecular complexity index is 1100. The number of thiazole rings is 1. The summed E-state index contributed by atoms with van der Waals surface area (Å²) in [5.74, 6) is -0.891. The van der Waals surface area contributed by atoms with Gasteiger partial charge in [-0.2, -0.15) is 0 Å². The van der Waals surface area contributed by atoms with E-state index in [9.17, 15) is 9.59 Å². The highest BCUT2D eigenvalue weighted by molar-refractivity contribution is 7.18. The Hall–Kier alpha value is -3.19. The molecule has 4 aromatic rings. The van der Waals surface area contributed by atoms with Crippen LogP contribution in [0.25, 0.3) is 21.2 Å². The molecule has 0 aliphatic carbocycles. The fraction of sp³-hybridized carbons (Fsp3) is 0.190. The number of nitrogens with zero attached hydrogens (tertiary/aromatic N) is 2. The number of amides is 1. The molecule has 2 aromatic carbocycles. The van der Waals surface area contributed by atoms with Gasteiger partial charge in [-0.25, -0.2) is 9.78 Å². The Balaban J connectivity index is 1.40. The molecule has 0 aliphatic rings. The van der Waals surface area contributed by atoms with Gasteiger partial charge in [-0.1, -0.05) is 30.3 Å². The zero-order valence-corrected chi connectivity index (χ0v) is 16.2. The van der Waals surface area contributed by atoms with Crippen molar-refractivity contribution < 1.29 is 18.7 Å². The van der Waals surface area contributed by atoms with Gasteiger partial charge in [0.05, 0.1) is 16.3 Å². The molecule has 2 aromatic heterocycles. The van der Waals surface area contributed by atoms with Gasteiger partial charge in [-0.3, -0.25) is 4.79 Å². The molecule has 6 nitrogen and oxygen atoms in total. The highest BCUT2D eigenvalue weighted by atomic mass is 32.1. The van der Waals surface area contributed by atoms with Crippen LogP contribution in [0.2, 0.25) is 0 Å². The number of para-hydroxylation sites is 2. The van der Waals surface area contributed by atoms with Gasteiger partial charge in [0, 0.05) is 12.4 Å². The Kier molecular flexibility index (Phi) is 4.83. The molecule has 1 atom stereocenters. The minimum absolute atomic E-state index is 0.0795. The molecular weight excluding hydrogens is 376 g/mol. The Morgan fingerprint density at radius 1 is 1.18 bits per heavy atom. The Labute approximate surface area is 165 Å². The molecule has 4 rings (SSSR count). The molecule has 0 bridgehead atoms. The van der Waals surface area contributed by atoms with Gasteiger partial charge >= 0.3 is 5.97 Å². The van der Waals surface area contributed by atoms with Crippen molar-refractivity contribution in [1.82, 2.24) is 9.88 Å². The highest BCUT2D eigenvalue weighted by Gasteiger charge is 2.23. The first kappa shape index (κ1) is 18.2. The van der Waals surface area contributed by atoms with Crippen LogP contribution >= 0.6 is 11.3 Å². The Morgan fingerprint density at radius 2 is 1.93 bits per heavy atom. The van der Waals surface area contributed by atoms with Crippen LogP contribution in [-0.4, -0.2) is 35.4 Å². The molecule has 0 spiro atoms. The van der Waals surface area contributed by atoms with Crippen LogP contribution in [0, 0.1) is 0 Å². The van der Waals surface area contributed by atoms with Gasteiger partial charge in [0.2, 0.25) is 5.76 Å². The van der Waals surface area contributed by atoms with Crippen LogP contribution in [0.1, 0.15) is 28.5 Å². The third-order valence-electron chi connectivity index (χ3n) is 4.60. The van der Waals surface area contributed by atoms with E-state index in [-0.39, 0.29) is 24.3 Å². The van der Waals surface area contributed by atoms with E-state index < -0.39 is 5.97 Å². The number of esters is 1. The SMILES string of the molecule is C[C@@H](c1nc2ccccc2s1)N(C)C(=O)COC(=O)c1cc2ccccc2o1. The lowest BCUT2D eigenvalue weighted by atomic mass is 10.2. The Morgan fingerprint density at radius 3 is 2.71 bits per heavy atom. The minimum atomic E-state index is -0.661. The van der Waals surface area contributed by atoms with E-state index in [2.05, 4.69) is 4.98 Å². The normalized spacial score (nSPS) is 12.2. The van der Waals surface area contributed by atoms with Crippen LogP contribution in [0.15, 0.2) is 59.0 Å². The molecule has 0 unspecified atom stereocenters. The molecule has 0 saturated carbocycles. The molecule has 1 amide bonds. The van der Waals surface area contributed by atoms with E-state index >= 15 is 0 Å². The van der Waals surface area contributed by atoms with Gasteiger partial charge in [0.1, 0.15) is 10.6 Å². The first-order valence-corrected chi connectivity index (χ1v) is 9.61. The summed E-state index contributed by atoms with van der Waals surface area (Å²) in [7, 11) is 1.67. The topological polar surface area (TPSA) is 72.6 Å². The van der Waals surface area contributed by atoms with E-state index in [1.54, 1.807) is 30.5 Å². The van der Waals surface area contributed by atoms with Crippen LogP contribution in [-0.2, 0) is 9.53 Å². The predicted octanol–water partition coefficient (Wildman–Crippen LogP) is 4.42. The van der Waals surface area contributed by atoms with Crippen molar-refractivity contribution >= 4 is 44.4 Å². The second-order valence-corrected chi connectivity index (χ2v) is 7.49. The average molecular weight is 394 g/mol. The van der Waals surface area contributed by atoms with E-state index in [4.69, 9.17) is 9.15 Å². The van der Waals surface area contributed by atoms with Crippen LogP contribution in [0.5, 0.6) is 0 Å². The molecule has 142 valence electrons. The summed E-state index contributed by atoms with van der Waals surface area (Å²) in [5.41, 5.74) is 1.51. The maximum atomic E-state index is 12.5. The molecular formula is C21H18N2O4S. The van der Waals surface area contributed by atoms with Gasteiger partial charge < -0.3 is 14.1 Å². The molecule has 0 fully saturated rings. The number of hydrogen-bond donors (Lipinski definition) is 0. The van der Waals surface area contributed by atoms with E-state index in [1.807, 2.05) is 49.4 Å². The second kappa shape index (κ2) is 7.44. The number of likely N-dealkylation sites (N-methyl/N-ethyl adjacent to an activating group) is 1. The van der Waals surface area contributed by atoms with Gasteiger partial charge in [-0.05, 0) is 31.2 Å². The summed E-state index contributed by atoms with van der Waals surface area (Å²) >= 11 is 1.55. The number of fused-ring (bicyclic) bond motifs is 2. The van der Waals surface area contributed by atoms with E-state index in [1.165, 1.54) is 4.90 Å². The second-order valence-electron chi connectivity index (χ2n) is 6.43. The molecule has 0 saturated heterocycles. The lowest BCUT2D eigenvalue weighted by Gasteiger charge is -2.22. The summed E-state index contributed by atoms with van der Waals surface area (Å²) in [6.07, 6.45) is 0. The monoisotopic (exact) mass is 394 g/mol. The third kappa shape index (κ3) is 3.48. The number of furan rings is 1. The highest BCUT2D eigenvalue weighted by Crippen LogP contribution is 2.28. The maximum Gasteiger partial charge on any atom is 0.374 e. The van der Waals surface area contributed by atoms with E-state index in [0.29, 0.717) is 5.58 Å². The van der Waals surface area contributed by atoms with Crippen molar-refractivity contribution in [2.75, 3.05) is 13.7 Å². The molecule has 28 heavy (non-hydrogen) atoms. The number of carbonyl (C=O) groups excluding carboxylic acids is 2. The van der Waals surface area contributed by atoms with Gasteiger partial charge in [0.15, 0.2) is 6.61 Å². The smallest absolute Gasteiger partial charge is 0.374 e. The minimum Gasteiger partial charge on any atom is -0.450 e. The number of aromatic nitrogens is 1. The lowest BCUT2D eigenvalue weighted by Crippen LogP contribution is -2.33. The summed E-state index contributed by atoms with van der Waals surface area (Å²) in [6, 6.07) is 16.5. The third-order valence-corrected chi connectivity index (χ3v) is 5.80. The van der Waals surface area contributed by atoms with Crippen molar-refractivity contribution in [1.29, 1.82) is 0 Å². The summed E-state index contributed by atoms with van der Waals surface area (Å²) < 4.78 is 11.7. The molecule has 7 heteroatoms. The van der Waals surface area contributed by atoms with Gasteiger partial charge in [0.25, 0.3) is 5.91 Å². The standard InChI is InChI=1S/C21H18N2O4S/c1-13(20-22-15-8-4-6-10-18(15)28-20)23(2)19(24)12-26-21(25)17-11-14-7-3-5-9-16(14)27-17/h3-11,13H,12H2,1-2H3/t13-/m0/s1. The quantitative estimate of drug-likeness (QED) is 0.469. The maximum absolute atomic E-state index is 12.5. The summed E-state index contributed by atoms with van der Waals surface area (Å²) in [5, 5.41) is 1.64. The van der Waals surface area contributed by atoms with Crippen LogP contribution in [0.4, 0.5) is 0 Å². The number of benzene rings is 2. The largest absolute Gasteiger partial charge is 0.450 e. The number of carbonyl (C=O) groups is 2. The first-order valence-electron chi connectivity index (χ1n) is 8.80. The number of hydrogen-bond acceptors (Lipinski definition) is 6. The lowest BCUT2D eigenvalue weighted by molar-refractivity contribution is -0.135. The number of rotatable bonds is 5. The van der Waals surface area contributed by atoms with Crippen molar-refractivity contribution in [2.45, 2.75) is 13.0 Å². The van der Waals surface area contributed by atoms with Crippen molar-refractivity contribution in [3.8, 4) is 0 Å². The fourth-order valence-electron chi connectivity index (χ4n) is 2.83. The molecule has 0 radical (unpaired) electrons. The molecule has 0 N–H and O–H groups in total. The average Bonchev–Trinajstić information content (AvgIpc) is 3.34. The van der Waals surface area contributed by atoms with Crippen LogP contribution in [0.3, 0.4) is 0 Å². The van der Waals surface area contributed by atoms with Crippen LogP contribution < -0.4 is 0 Å². The van der Waals surface area contributed by atoms with E-state index in [0.717, 1.165) is 20.6 Å². The fourth-order valence-corrected chi connectivity index (χ4v) is 3.90. The summed E-state index contributed by atoms with van der Waals surface area (Å²) in [6.45, 7) is 1.54. The predicted molar refractivity (Wildman–Crippen MR) is 107 cm³/mol. The molecule has 0 aliphatic heterocycles. The zero-order valence-electron chi connectivity index (χ0n) is 15.4. The number of ether oxygens (including phenoxy) is 1. The van der Waals surface area contributed by atoms with Crippen molar-refractivity contribution in [2.24, 2.45) is 0 Å². The summed E-state index contributed by atoms with van der Waals surface area (Å²) in [4.78, 5) is 30.8. The van der Waals surface area contributed by atoms with Gasteiger partial charge in [-0.15, -0.1) is 11.3 Å². The molecule has 2 heterocycles. The zero-order chi connectivity index (χ0) is 19.7. The first-order chi connectivity index (χ1) is 13.5. The van der Waals surface area contributed by atoms with Crippen molar-refractivity contribution in [3.63, 3.8) is 0 Å².